The Morgan fingerprint density at radius 3 is 2.43 bits per heavy atom. The first kappa shape index (κ1) is 22.4. The van der Waals surface area contributed by atoms with Gasteiger partial charge in [0.1, 0.15) is 11.6 Å². The van der Waals surface area contributed by atoms with E-state index >= 15 is 0 Å². The minimum absolute atomic E-state index is 0.135. The highest BCUT2D eigenvalue weighted by molar-refractivity contribution is 5.73. The van der Waals surface area contributed by atoms with Crippen molar-refractivity contribution in [2.45, 2.75) is 63.6 Å². The monoisotopic (exact) mass is 416 g/mol. The number of rotatable bonds is 10. The number of amides is 1. The summed E-state index contributed by atoms with van der Waals surface area (Å²) in [6.07, 6.45) is 3.31. The quantitative estimate of drug-likeness (QED) is 0.555. The Morgan fingerprint density at radius 1 is 1.13 bits per heavy atom. The van der Waals surface area contributed by atoms with Gasteiger partial charge in [-0.15, -0.1) is 0 Å². The van der Waals surface area contributed by atoms with E-state index in [2.05, 4.69) is 41.8 Å². The number of carbonyl (C=O) groups excluding carboxylic acids is 1. The van der Waals surface area contributed by atoms with E-state index in [0.717, 1.165) is 31.7 Å². The summed E-state index contributed by atoms with van der Waals surface area (Å²) in [6.45, 7) is 3.78. The predicted molar refractivity (Wildman–Crippen MR) is 113 cm³/mol. The van der Waals surface area contributed by atoms with Crippen molar-refractivity contribution in [1.82, 2.24) is 10.6 Å². The first-order chi connectivity index (χ1) is 14.3. The molecule has 1 aliphatic rings. The fourth-order valence-corrected chi connectivity index (χ4v) is 3.97. The van der Waals surface area contributed by atoms with Crippen LogP contribution in [0.1, 0.15) is 49.8 Å². The average molecular weight is 417 g/mol. The third-order valence-corrected chi connectivity index (χ3v) is 5.65. The van der Waals surface area contributed by atoms with Crippen LogP contribution < -0.4 is 10.6 Å². The Kier molecular flexibility index (Phi) is 7.21. The minimum atomic E-state index is -0.906. The lowest BCUT2D eigenvalue weighted by atomic mass is 9.98. The van der Waals surface area contributed by atoms with E-state index in [1.54, 1.807) is 0 Å². The Bertz CT molecular complexity index is 863. The number of aliphatic hydroxyl groups excluding tert-OH is 1. The van der Waals surface area contributed by atoms with Crippen molar-refractivity contribution < 1.29 is 18.7 Å². The summed E-state index contributed by atoms with van der Waals surface area (Å²) >= 11 is 0. The second kappa shape index (κ2) is 9.67. The summed E-state index contributed by atoms with van der Waals surface area (Å²) < 4.78 is 27.1. The molecule has 0 heterocycles. The second-order valence-corrected chi connectivity index (χ2v) is 8.27. The number of carbonyl (C=O) groups is 1. The lowest BCUT2D eigenvalue weighted by molar-refractivity contribution is -0.120. The molecule has 30 heavy (non-hydrogen) atoms. The van der Waals surface area contributed by atoms with Gasteiger partial charge in [-0.1, -0.05) is 37.6 Å². The molecular weight excluding hydrogens is 386 g/mol. The van der Waals surface area contributed by atoms with Crippen LogP contribution in [0.25, 0.3) is 0 Å². The van der Waals surface area contributed by atoms with Crippen molar-refractivity contribution in [3.63, 3.8) is 0 Å². The van der Waals surface area contributed by atoms with Crippen LogP contribution in [0, 0.1) is 11.6 Å². The number of nitrogens with one attached hydrogen (secondary N) is 2. The highest BCUT2D eigenvalue weighted by Crippen LogP contribution is 2.45. The molecule has 6 heteroatoms. The number of hydrogen-bond donors (Lipinski definition) is 3. The number of halogens is 2. The third kappa shape index (κ3) is 5.86. The average Bonchev–Trinajstić information content (AvgIpc) is 3.46. The van der Waals surface area contributed by atoms with Gasteiger partial charge in [0.15, 0.2) is 0 Å². The van der Waals surface area contributed by atoms with E-state index in [1.165, 1.54) is 30.2 Å². The van der Waals surface area contributed by atoms with Crippen LogP contribution in [0.3, 0.4) is 0 Å². The molecule has 2 aromatic carbocycles. The van der Waals surface area contributed by atoms with Gasteiger partial charge in [-0.25, -0.2) is 8.78 Å². The van der Waals surface area contributed by atoms with Gasteiger partial charge in [0.2, 0.25) is 5.91 Å². The summed E-state index contributed by atoms with van der Waals surface area (Å²) in [5.74, 6) is -1.66. The van der Waals surface area contributed by atoms with Gasteiger partial charge >= 0.3 is 0 Å². The number of hydrogen-bond acceptors (Lipinski definition) is 3. The molecule has 0 spiro atoms. The highest BCUT2D eigenvalue weighted by Gasteiger charge is 2.44. The highest BCUT2D eigenvalue weighted by atomic mass is 19.1. The second-order valence-electron chi connectivity index (χ2n) is 8.27. The summed E-state index contributed by atoms with van der Waals surface area (Å²) in [4.78, 5) is 11.6. The van der Waals surface area contributed by atoms with Crippen molar-refractivity contribution in [1.29, 1.82) is 0 Å². The van der Waals surface area contributed by atoms with E-state index < -0.39 is 23.8 Å². The van der Waals surface area contributed by atoms with E-state index in [1.807, 2.05) is 0 Å². The fraction of sp³-hybridized carbons (Fsp3) is 0.458. The first-order valence-electron chi connectivity index (χ1n) is 10.6. The molecule has 1 fully saturated rings. The topological polar surface area (TPSA) is 61.4 Å². The molecule has 1 saturated carbocycles. The number of aryl methyl sites for hydroxylation is 1. The molecule has 3 N–H and O–H groups in total. The predicted octanol–water partition coefficient (Wildman–Crippen LogP) is 3.60. The van der Waals surface area contributed by atoms with Gasteiger partial charge in [-0.05, 0) is 54.5 Å². The van der Waals surface area contributed by atoms with Crippen molar-refractivity contribution in [2.24, 2.45) is 0 Å². The number of aliphatic hydroxyl groups is 1. The lowest BCUT2D eigenvalue weighted by Crippen LogP contribution is -2.49. The van der Waals surface area contributed by atoms with Crippen LogP contribution >= 0.6 is 0 Å². The van der Waals surface area contributed by atoms with E-state index in [9.17, 15) is 18.7 Å². The maximum absolute atomic E-state index is 13.5. The Balaban J connectivity index is 1.67. The normalized spacial score (nSPS) is 16.7. The van der Waals surface area contributed by atoms with Crippen molar-refractivity contribution in [2.75, 3.05) is 6.54 Å². The smallest absolute Gasteiger partial charge is 0.217 e. The number of benzene rings is 2. The molecule has 1 aliphatic carbocycles. The van der Waals surface area contributed by atoms with Gasteiger partial charge in [-0.3, -0.25) is 4.79 Å². The van der Waals surface area contributed by atoms with Gasteiger partial charge in [0.25, 0.3) is 0 Å². The summed E-state index contributed by atoms with van der Waals surface area (Å²) in [7, 11) is 0. The van der Waals surface area contributed by atoms with Gasteiger partial charge in [0, 0.05) is 25.1 Å². The molecular formula is C24H30F2N2O2. The maximum atomic E-state index is 13.5. The molecule has 3 rings (SSSR count). The molecule has 162 valence electrons. The van der Waals surface area contributed by atoms with Crippen molar-refractivity contribution in [3.8, 4) is 0 Å². The molecule has 0 unspecified atom stereocenters. The zero-order valence-electron chi connectivity index (χ0n) is 17.6. The summed E-state index contributed by atoms with van der Waals surface area (Å²) in [5, 5.41) is 17.0. The fourth-order valence-electron chi connectivity index (χ4n) is 3.97. The van der Waals surface area contributed by atoms with E-state index in [4.69, 9.17) is 0 Å². The molecule has 2 atom stereocenters. The Labute approximate surface area is 176 Å². The Hall–Kier alpha value is -2.31. The van der Waals surface area contributed by atoms with Gasteiger partial charge in [0.05, 0.1) is 12.1 Å². The molecule has 0 radical (unpaired) electrons. The largest absolute Gasteiger partial charge is 0.390 e. The molecule has 2 aromatic rings. The summed E-state index contributed by atoms with van der Waals surface area (Å²) in [5.41, 5.74) is 2.74. The maximum Gasteiger partial charge on any atom is 0.217 e. The molecule has 0 aromatic heterocycles. The van der Waals surface area contributed by atoms with Gasteiger partial charge < -0.3 is 15.7 Å². The van der Waals surface area contributed by atoms with E-state index in [0.29, 0.717) is 5.56 Å². The molecule has 4 nitrogen and oxygen atoms in total. The van der Waals surface area contributed by atoms with Crippen LogP contribution in [0.4, 0.5) is 8.78 Å². The van der Waals surface area contributed by atoms with Crippen LogP contribution in [0.5, 0.6) is 0 Å². The van der Waals surface area contributed by atoms with Gasteiger partial charge in [-0.2, -0.15) is 0 Å². The zero-order chi connectivity index (χ0) is 21.7. The van der Waals surface area contributed by atoms with Crippen LogP contribution in [0.2, 0.25) is 0 Å². The van der Waals surface area contributed by atoms with Crippen LogP contribution in [-0.4, -0.2) is 29.7 Å². The minimum Gasteiger partial charge on any atom is -0.390 e. The summed E-state index contributed by atoms with van der Waals surface area (Å²) in [6, 6.07) is 11.1. The first-order valence-corrected chi connectivity index (χ1v) is 10.6. The Morgan fingerprint density at radius 2 is 1.83 bits per heavy atom. The molecule has 0 aliphatic heterocycles. The van der Waals surface area contributed by atoms with E-state index in [-0.39, 0.29) is 24.4 Å². The van der Waals surface area contributed by atoms with Crippen molar-refractivity contribution in [3.05, 3.63) is 70.8 Å². The lowest BCUT2D eigenvalue weighted by Gasteiger charge is -2.27. The molecule has 0 saturated heterocycles. The third-order valence-electron chi connectivity index (χ3n) is 5.65. The van der Waals surface area contributed by atoms with Crippen LogP contribution in [0.15, 0.2) is 42.5 Å². The standard InChI is InChI=1S/C24H30F2N2O2/c1-3-5-17-6-4-7-19(10-17)24(8-9-24)27-15-23(30)22(28-16(2)29)13-18-11-20(25)14-21(26)12-18/h4,6-7,10-12,14,22-23,27,30H,3,5,8-9,13,15H2,1-2H3,(H,28,29)/t22-,23+/m0/s1. The molecule has 0 bridgehead atoms. The zero-order valence-corrected chi connectivity index (χ0v) is 17.6. The van der Waals surface area contributed by atoms with Crippen molar-refractivity contribution >= 4 is 5.91 Å². The molecule has 1 amide bonds. The van der Waals surface area contributed by atoms with Crippen LogP contribution in [-0.2, 0) is 23.2 Å². The SMILES string of the molecule is CCCc1cccc(C2(NC[C@@H](O)[C@H](Cc3cc(F)cc(F)c3)NC(C)=O)CC2)c1.